The van der Waals surface area contributed by atoms with Crippen LogP contribution in [0.4, 0.5) is 5.69 Å². The maximum atomic E-state index is 11.2. The summed E-state index contributed by atoms with van der Waals surface area (Å²) >= 11 is 5.85. The highest BCUT2D eigenvalue weighted by molar-refractivity contribution is 7.90. The Labute approximate surface area is 103 Å². The van der Waals surface area contributed by atoms with Gasteiger partial charge in [-0.05, 0) is 18.2 Å². The van der Waals surface area contributed by atoms with Gasteiger partial charge in [0.05, 0.1) is 10.7 Å². The van der Waals surface area contributed by atoms with Gasteiger partial charge < -0.3 is 10.9 Å². The smallest absolute Gasteiger partial charge is 0.298 e. The van der Waals surface area contributed by atoms with Crippen LogP contribution in [0.25, 0.3) is 0 Å². The van der Waals surface area contributed by atoms with Crippen LogP contribution in [-0.4, -0.2) is 26.5 Å². The van der Waals surface area contributed by atoms with E-state index in [2.05, 4.69) is 14.6 Å². The molecule has 0 atom stereocenters. The molecule has 5 N–H and O–H groups in total. The number of rotatable bonds is 4. The minimum atomic E-state index is -3.63. The molecule has 1 aromatic carbocycles. The van der Waals surface area contributed by atoms with Gasteiger partial charge in [0.2, 0.25) is 0 Å². The molecule has 0 bridgehead atoms. The minimum absolute atomic E-state index is 0.116. The Morgan fingerprint density at radius 1 is 1.53 bits per heavy atom. The van der Waals surface area contributed by atoms with E-state index < -0.39 is 10.2 Å². The van der Waals surface area contributed by atoms with E-state index in [9.17, 15) is 8.42 Å². The third kappa shape index (κ3) is 3.48. The maximum absolute atomic E-state index is 11.2. The van der Waals surface area contributed by atoms with Crippen molar-refractivity contribution in [2.24, 2.45) is 10.9 Å². The molecular formula is C8H11ClN4O3S. The van der Waals surface area contributed by atoms with Gasteiger partial charge in [0.1, 0.15) is 0 Å². The molecule has 0 amide bonds. The fraction of sp³-hybridized carbons (Fsp3) is 0.125. The van der Waals surface area contributed by atoms with E-state index in [1.54, 1.807) is 0 Å². The quantitative estimate of drug-likeness (QED) is 0.274. The maximum Gasteiger partial charge on any atom is 0.298 e. The number of hydrogen-bond acceptors (Lipinski definition) is 4. The van der Waals surface area contributed by atoms with Crippen molar-refractivity contribution >= 4 is 33.3 Å². The average molecular weight is 279 g/mol. The van der Waals surface area contributed by atoms with Crippen molar-refractivity contribution < 1.29 is 13.6 Å². The molecule has 0 unspecified atom stereocenters. The van der Waals surface area contributed by atoms with Gasteiger partial charge in [0.25, 0.3) is 10.2 Å². The van der Waals surface area contributed by atoms with E-state index >= 15 is 0 Å². The molecule has 0 spiro atoms. The summed E-state index contributed by atoms with van der Waals surface area (Å²) in [6, 6.07) is 4.25. The van der Waals surface area contributed by atoms with E-state index in [1.165, 1.54) is 25.2 Å². The molecule has 0 saturated carbocycles. The van der Waals surface area contributed by atoms with Crippen molar-refractivity contribution in [1.82, 2.24) is 4.72 Å². The first-order chi connectivity index (χ1) is 7.89. The second-order valence-corrected chi connectivity index (χ2v) is 5.02. The molecule has 0 aliphatic carbocycles. The number of nitrogens with one attached hydrogen (secondary N) is 2. The van der Waals surface area contributed by atoms with E-state index in [1.807, 2.05) is 0 Å². The SMILES string of the molecule is CNS(=O)(=O)Nc1ccc(/C(N)=N/O)cc1Cl. The summed E-state index contributed by atoms with van der Waals surface area (Å²) in [7, 11) is -2.36. The van der Waals surface area contributed by atoms with Crippen molar-refractivity contribution in [3.05, 3.63) is 28.8 Å². The molecule has 0 aromatic heterocycles. The van der Waals surface area contributed by atoms with Crippen molar-refractivity contribution in [3.63, 3.8) is 0 Å². The highest BCUT2D eigenvalue weighted by Gasteiger charge is 2.10. The predicted octanol–water partition coefficient (Wildman–Crippen LogP) is 0.311. The molecule has 0 heterocycles. The first-order valence-corrected chi connectivity index (χ1v) is 6.24. The Kier molecular flexibility index (Phi) is 4.16. The van der Waals surface area contributed by atoms with E-state index in [0.29, 0.717) is 5.56 Å². The minimum Gasteiger partial charge on any atom is -0.409 e. The molecule has 0 radical (unpaired) electrons. The number of hydrogen-bond donors (Lipinski definition) is 4. The predicted molar refractivity (Wildman–Crippen MR) is 65.6 cm³/mol. The highest BCUT2D eigenvalue weighted by Crippen LogP contribution is 2.23. The largest absolute Gasteiger partial charge is 0.409 e. The molecule has 1 rings (SSSR count). The fourth-order valence-corrected chi connectivity index (χ4v) is 1.86. The summed E-state index contributed by atoms with van der Waals surface area (Å²) in [5.74, 6) is -0.116. The van der Waals surface area contributed by atoms with Gasteiger partial charge in [-0.2, -0.15) is 8.42 Å². The van der Waals surface area contributed by atoms with Gasteiger partial charge in [-0.3, -0.25) is 4.72 Å². The monoisotopic (exact) mass is 278 g/mol. The lowest BCUT2D eigenvalue weighted by Gasteiger charge is -2.09. The number of halogens is 1. The molecule has 0 aliphatic rings. The summed E-state index contributed by atoms with van der Waals surface area (Å²) in [4.78, 5) is 0. The number of benzene rings is 1. The lowest BCUT2D eigenvalue weighted by atomic mass is 10.2. The zero-order valence-corrected chi connectivity index (χ0v) is 10.4. The fourth-order valence-electron chi connectivity index (χ4n) is 1.01. The zero-order chi connectivity index (χ0) is 13.1. The Bertz CT molecular complexity index is 544. The van der Waals surface area contributed by atoms with Crippen LogP contribution in [0.1, 0.15) is 5.56 Å². The molecular weight excluding hydrogens is 268 g/mol. The van der Waals surface area contributed by atoms with Crippen LogP contribution < -0.4 is 15.2 Å². The van der Waals surface area contributed by atoms with Crippen LogP contribution in [0.5, 0.6) is 0 Å². The van der Waals surface area contributed by atoms with Crippen molar-refractivity contribution in [2.75, 3.05) is 11.8 Å². The second-order valence-electron chi connectivity index (χ2n) is 2.99. The Hall–Kier alpha value is -1.51. The Morgan fingerprint density at radius 3 is 2.65 bits per heavy atom. The summed E-state index contributed by atoms with van der Waals surface area (Å²) in [5, 5.41) is 11.4. The molecule has 0 aliphatic heterocycles. The summed E-state index contributed by atoms with van der Waals surface area (Å²) in [6.07, 6.45) is 0. The van der Waals surface area contributed by atoms with Crippen molar-refractivity contribution in [2.45, 2.75) is 0 Å². The first-order valence-electron chi connectivity index (χ1n) is 4.38. The summed E-state index contributed by atoms with van der Waals surface area (Å²) < 4.78 is 26.7. The molecule has 9 heteroatoms. The molecule has 7 nitrogen and oxygen atoms in total. The number of amidine groups is 1. The molecule has 0 fully saturated rings. The highest BCUT2D eigenvalue weighted by atomic mass is 35.5. The number of oxime groups is 1. The third-order valence-electron chi connectivity index (χ3n) is 1.89. The summed E-state index contributed by atoms with van der Waals surface area (Å²) in [5.41, 5.74) is 5.93. The van der Waals surface area contributed by atoms with Crippen LogP contribution in [0.15, 0.2) is 23.4 Å². The first kappa shape index (κ1) is 13.6. The molecule has 0 saturated heterocycles. The van der Waals surface area contributed by atoms with Crippen LogP contribution in [0.2, 0.25) is 5.02 Å². The Morgan fingerprint density at radius 2 is 2.18 bits per heavy atom. The van der Waals surface area contributed by atoms with Crippen LogP contribution in [0, 0.1) is 0 Å². The van der Waals surface area contributed by atoms with Crippen LogP contribution in [0.3, 0.4) is 0 Å². The number of anilines is 1. The van der Waals surface area contributed by atoms with E-state index in [4.69, 9.17) is 22.5 Å². The van der Waals surface area contributed by atoms with Crippen molar-refractivity contribution in [3.8, 4) is 0 Å². The number of nitrogens with two attached hydrogens (primary N) is 1. The molecule has 17 heavy (non-hydrogen) atoms. The van der Waals surface area contributed by atoms with Crippen LogP contribution in [-0.2, 0) is 10.2 Å². The number of nitrogens with zero attached hydrogens (tertiary/aromatic N) is 1. The van der Waals surface area contributed by atoms with Crippen LogP contribution >= 0.6 is 11.6 Å². The molecule has 94 valence electrons. The topological polar surface area (TPSA) is 117 Å². The lowest BCUT2D eigenvalue weighted by molar-refractivity contribution is 0.318. The second kappa shape index (κ2) is 5.21. The van der Waals surface area contributed by atoms with Gasteiger partial charge >= 0.3 is 0 Å². The van der Waals surface area contributed by atoms with Gasteiger partial charge in [-0.1, -0.05) is 16.8 Å². The zero-order valence-electron chi connectivity index (χ0n) is 8.81. The lowest BCUT2D eigenvalue weighted by Crippen LogP contribution is -2.26. The van der Waals surface area contributed by atoms with Gasteiger partial charge in [0.15, 0.2) is 5.84 Å². The summed E-state index contributed by atoms with van der Waals surface area (Å²) in [6.45, 7) is 0. The molecule has 1 aromatic rings. The van der Waals surface area contributed by atoms with Crippen molar-refractivity contribution in [1.29, 1.82) is 0 Å². The van der Waals surface area contributed by atoms with Gasteiger partial charge in [-0.25, -0.2) is 4.72 Å². The standard InChI is InChI=1S/C8H11ClN4O3S/c1-11-17(15,16)13-7-3-2-5(4-6(7)9)8(10)12-14/h2-4,11,13-14H,1H3,(H2,10,12). The van der Waals surface area contributed by atoms with Gasteiger partial charge in [0, 0.05) is 12.6 Å². The average Bonchev–Trinajstić information content (AvgIpc) is 2.30. The van der Waals surface area contributed by atoms with E-state index in [0.717, 1.165) is 0 Å². The van der Waals surface area contributed by atoms with E-state index in [-0.39, 0.29) is 16.5 Å². The van der Waals surface area contributed by atoms with Gasteiger partial charge in [-0.15, -0.1) is 0 Å². The Balaban J connectivity index is 3.07. The third-order valence-corrected chi connectivity index (χ3v) is 3.22. The normalized spacial score (nSPS) is 12.5.